The van der Waals surface area contributed by atoms with Crippen LogP contribution in [0.3, 0.4) is 0 Å². The van der Waals surface area contributed by atoms with E-state index in [2.05, 4.69) is 37.2 Å². The molecule has 7 amide bonds. The van der Waals surface area contributed by atoms with E-state index in [1.54, 1.807) is 98.7 Å². The van der Waals surface area contributed by atoms with Crippen molar-refractivity contribution in [2.45, 2.75) is 162 Å². The molecule has 6 unspecified atom stereocenters. The van der Waals surface area contributed by atoms with Gasteiger partial charge in [0.25, 0.3) is 11.7 Å². The number of ether oxygens (including phenoxy) is 3. The van der Waals surface area contributed by atoms with Gasteiger partial charge in [0.15, 0.2) is 0 Å². The van der Waals surface area contributed by atoms with Crippen LogP contribution in [0, 0.1) is 0 Å². The number of aliphatic carboxylic acids is 1. The molecule has 0 radical (unpaired) electrons. The van der Waals surface area contributed by atoms with Gasteiger partial charge in [0.1, 0.15) is 35.4 Å². The van der Waals surface area contributed by atoms with Gasteiger partial charge in [-0.25, -0.2) is 14.4 Å². The molecule has 382 valence electrons. The molecule has 0 saturated carbocycles. The summed E-state index contributed by atoms with van der Waals surface area (Å²) in [5.74, 6) is -7.16. The van der Waals surface area contributed by atoms with Crippen LogP contribution in [-0.2, 0) is 43.0 Å². The molecule has 6 atom stereocenters. The van der Waals surface area contributed by atoms with E-state index >= 15 is 0 Å². The predicted molar refractivity (Wildman–Crippen MR) is 257 cm³/mol. The zero-order valence-corrected chi connectivity index (χ0v) is 42.3. The molecule has 0 aliphatic heterocycles. The number of rotatable bonds is 23. The van der Waals surface area contributed by atoms with Crippen molar-refractivity contribution in [3.05, 3.63) is 59.1 Å². The summed E-state index contributed by atoms with van der Waals surface area (Å²) in [7, 11) is 0. The van der Waals surface area contributed by atoms with Crippen molar-refractivity contribution in [1.82, 2.24) is 37.2 Å². The number of Topliss-reactive ketones (excluding diaryl/α,β-unsaturated/α-hetero) is 1. The zero-order valence-electron chi connectivity index (χ0n) is 41.5. The number of benzene rings is 2. The number of nitrogens with one attached hydrogen (secondary N) is 7. The molecule has 0 aliphatic carbocycles. The summed E-state index contributed by atoms with van der Waals surface area (Å²) in [4.78, 5) is 117. The van der Waals surface area contributed by atoms with Crippen LogP contribution in [0.1, 0.15) is 119 Å². The molecule has 21 heteroatoms. The maximum absolute atomic E-state index is 14.2. The predicted octanol–water partition coefficient (Wildman–Crippen LogP) is 4.55. The van der Waals surface area contributed by atoms with Gasteiger partial charge >= 0.3 is 18.2 Å². The van der Waals surface area contributed by atoms with Crippen molar-refractivity contribution in [2.24, 2.45) is 0 Å². The van der Waals surface area contributed by atoms with Crippen molar-refractivity contribution < 1.29 is 62.5 Å². The Bertz CT molecular complexity index is 2110. The third-order valence-electron chi connectivity index (χ3n) is 9.57. The summed E-state index contributed by atoms with van der Waals surface area (Å²) in [6.07, 6.45) is -2.05. The number of unbranched alkanes of at least 4 members (excludes halogenated alkanes) is 1. The van der Waals surface area contributed by atoms with Crippen LogP contribution in [0.2, 0.25) is 5.02 Å². The summed E-state index contributed by atoms with van der Waals surface area (Å²) in [5.41, 5.74) is -0.524. The Balaban J connectivity index is 2.35. The maximum Gasteiger partial charge on any atom is 0.407 e. The molecule has 0 heterocycles. The number of carbonyl (C=O) groups is 9. The standard InChI is InChI=1S/C48H70ClN7O13/c1-27(37(57)43(63)64)52-40(60)34(15-13-14-25-50-44(65)68-47(7,8)9)54-38(58)28(2)53-42(62)36(29(3)67-46(4,5)6)56-41(61)35(24-26-51-45(66)69-48(10,11)12)55-39(59)32-18-16-30(17-19-32)31-20-22-33(49)23-21-31/h16-23,27-29,34-36H,13-15,24-26H2,1-12H3,(H,50,65)(H,51,66)(H,52,60)(H,53,62)(H,54,58)(H,55,59)(H,56,61)(H,63,64). The number of carboxylic acids is 1. The molecular weight excluding hydrogens is 918 g/mol. The summed E-state index contributed by atoms with van der Waals surface area (Å²) in [5, 5.41) is 27.6. The highest BCUT2D eigenvalue weighted by molar-refractivity contribution is 6.35. The first-order valence-corrected chi connectivity index (χ1v) is 23.0. The lowest BCUT2D eigenvalue weighted by Gasteiger charge is -2.32. The van der Waals surface area contributed by atoms with Gasteiger partial charge in [-0.3, -0.25) is 28.8 Å². The number of carboxylic acid groups (broad SMARTS) is 1. The average Bonchev–Trinajstić information content (AvgIpc) is 3.22. The first-order valence-electron chi connectivity index (χ1n) is 22.6. The highest BCUT2D eigenvalue weighted by atomic mass is 35.5. The molecule has 0 saturated heterocycles. The van der Waals surface area contributed by atoms with Crippen LogP contribution in [-0.4, -0.2) is 125 Å². The van der Waals surface area contributed by atoms with Crippen molar-refractivity contribution in [2.75, 3.05) is 13.1 Å². The minimum atomic E-state index is -1.77. The minimum Gasteiger partial charge on any atom is -0.475 e. The lowest BCUT2D eigenvalue weighted by Crippen LogP contribution is -2.61. The van der Waals surface area contributed by atoms with Crippen molar-refractivity contribution in [3.63, 3.8) is 0 Å². The Morgan fingerprint density at radius 3 is 1.54 bits per heavy atom. The molecule has 0 bridgehead atoms. The monoisotopic (exact) mass is 987 g/mol. The zero-order chi connectivity index (χ0) is 52.4. The number of hydrogen-bond acceptors (Lipinski definition) is 12. The third kappa shape index (κ3) is 22.6. The molecule has 2 aromatic rings. The highest BCUT2D eigenvalue weighted by Crippen LogP contribution is 2.22. The lowest BCUT2D eigenvalue weighted by atomic mass is 10.0. The van der Waals surface area contributed by atoms with E-state index in [1.807, 2.05) is 12.1 Å². The van der Waals surface area contributed by atoms with E-state index < -0.39 is 107 Å². The number of ketones is 1. The van der Waals surface area contributed by atoms with Crippen molar-refractivity contribution >= 4 is 65.1 Å². The van der Waals surface area contributed by atoms with Crippen molar-refractivity contribution in [3.8, 4) is 11.1 Å². The Morgan fingerprint density at radius 2 is 1.03 bits per heavy atom. The number of hydrogen-bond donors (Lipinski definition) is 8. The molecular formula is C48H70ClN7O13. The summed E-state index contributed by atoms with van der Waals surface area (Å²) >= 11 is 6.04. The molecule has 0 aromatic heterocycles. The van der Waals surface area contributed by atoms with Gasteiger partial charge in [0, 0.05) is 23.7 Å². The first-order chi connectivity index (χ1) is 31.8. The second-order valence-electron chi connectivity index (χ2n) is 19.4. The lowest BCUT2D eigenvalue weighted by molar-refractivity contribution is -0.150. The van der Waals surface area contributed by atoms with Crippen molar-refractivity contribution in [1.29, 1.82) is 0 Å². The maximum atomic E-state index is 14.2. The normalized spacial score (nSPS) is 14.2. The van der Waals surface area contributed by atoms with Gasteiger partial charge in [0.05, 0.1) is 17.7 Å². The topological polar surface area (TPSA) is 286 Å². The van der Waals surface area contributed by atoms with E-state index in [1.165, 1.54) is 20.8 Å². The molecule has 0 spiro atoms. The quantitative estimate of drug-likeness (QED) is 0.0561. The fourth-order valence-corrected chi connectivity index (χ4v) is 6.48. The fourth-order valence-electron chi connectivity index (χ4n) is 6.35. The van der Waals surface area contributed by atoms with Crippen LogP contribution in [0.15, 0.2) is 48.5 Å². The van der Waals surface area contributed by atoms with Gasteiger partial charge in [-0.15, -0.1) is 0 Å². The molecule has 8 N–H and O–H groups in total. The molecule has 2 aromatic carbocycles. The second-order valence-corrected chi connectivity index (χ2v) is 19.8. The van der Waals surface area contributed by atoms with Gasteiger partial charge < -0.3 is 56.5 Å². The Morgan fingerprint density at radius 1 is 0.551 bits per heavy atom. The highest BCUT2D eigenvalue weighted by Gasteiger charge is 2.36. The van der Waals surface area contributed by atoms with E-state index in [9.17, 15) is 43.2 Å². The Hall–Kier alpha value is -6.28. The summed E-state index contributed by atoms with van der Waals surface area (Å²) in [6.45, 7) is 19.4. The van der Waals surface area contributed by atoms with Crippen LogP contribution >= 0.6 is 11.6 Å². The Kier molecular flexibility index (Phi) is 22.6. The molecule has 0 aliphatic rings. The van der Waals surface area contributed by atoms with Gasteiger partial charge in [-0.1, -0.05) is 35.9 Å². The van der Waals surface area contributed by atoms with Crippen LogP contribution in [0.25, 0.3) is 11.1 Å². The SMILES string of the molecule is CC(NC(=O)C(NC(=O)C(CCNC(=O)OC(C)(C)C)NC(=O)c1ccc(-c2ccc(Cl)cc2)cc1)C(C)OC(C)(C)C)C(=O)NC(CCCCNC(=O)OC(C)(C)C)C(=O)NC(C)C(=O)C(=O)O. The molecule has 0 fully saturated rings. The number of halogens is 1. The van der Waals surface area contributed by atoms with Gasteiger partial charge in [0.2, 0.25) is 23.6 Å². The van der Waals surface area contributed by atoms with Crippen LogP contribution in [0.4, 0.5) is 9.59 Å². The summed E-state index contributed by atoms with van der Waals surface area (Å²) in [6, 6.07) is 6.77. The third-order valence-corrected chi connectivity index (χ3v) is 9.82. The van der Waals surface area contributed by atoms with Crippen LogP contribution in [0.5, 0.6) is 0 Å². The molecule has 69 heavy (non-hydrogen) atoms. The first kappa shape index (κ1) is 58.8. The number of carbonyl (C=O) groups excluding carboxylic acids is 8. The Labute approximate surface area is 408 Å². The minimum absolute atomic E-state index is 0.0280. The second kappa shape index (κ2) is 26.5. The largest absolute Gasteiger partial charge is 0.475 e. The van der Waals surface area contributed by atoms with E-state index in [-0.39, 0.29) is 37.9 Å². The molecule has 20 nitrogen and oxygen atoms in total. The number of alkyl carbamates (subject to hydrolysis) is 2. The van der Waals surface area contributed by atoms with E-state index in [0.29, 0.717) is 11.4 Å². The smallest absolute Gasteiger partial charge is 0.407 e. The molecule has 2 rings (SSSR count). The van der Waals surface area contributed by atoms with Crippen LogP contribution < -0.4 is 37.2 Å². The number of amides is 7. The average molecular weight is 989 g/mol. The van der Waals surface area contributed by atoms with Gasteiger partial charge in [-0.2, -0.15) is 0 Å². The van der Waals surface area contributed by atoms with E-state index in [4.69, 9.17) is 30.9 Å². The van der Waals surface area contributed by atoms with Gasteiger partial charge in [-0.05, 0) is 144 Å². The fraction of sp³-hybridized carbons (Fsp3) is 0.562. The summed E-state index contributed by atoms with van der Waals surface area (Å²) < 4.78 is 16.6. The van der Waals surface area contributed by atoms with E-state index in [0.717, 1.165) is 11.1 Å².